The van der Waals surface area contributed by atoms with Gasteiger partial charge in [0.15, 0.2) is 0 Å². The van der Waals surface area contributed by atoms with E-state index in [0.717, 1.165) is 15.4 Å². The van der Waals surface area contributed by atoms with E-state index in [0.29, 0.717) is 22.7 Å². The van der Waals surface area contributed by atoms with E-state index < -0.39 is 28.5 Å². The van der Waals surface area contributed by atoms with Crippen molar-refractivity contribution in [2.24, 2.45) is 0 Å². The van der Waals surface area contributed by atoms with Gasteiger partial charge < -0.3 is 10.2 Å². The van der Waals surface area contributed by atoms with Gasteiger partial charge in [0.2, 0.25) is 11.8 Å². The average Bonchev–Trinajstić information content (AvgIpc) is 3.02. The molecule has 0 spiro atoms. The van der Waals surface area contributed by atoms with E-state index in [9.17, 15) is 18.0 Å². The number of hydrogen-bond donors (Lipinski definition) is 1. The molecule has 4 aromatic carbocycles. The molecule has 44 heavy (non-hydrogen) atoms. The first-order valence-corrected chi connectivity index (χ1v) is 16.4. The van der Waals surface area contributed by atoms with E-state index in [1.165, 1.54) is 17.0 Å². The minimum absolute atomic E-state index is 0.0536. The topological polar surface area (TPSA) is 86.8 Å². The monoisotopic (exact) mass is 631 g/mol. The van der Waals surface area contributed by atoms with Gasteiger partial charge in [-0.05, 0) is 67.8 Å². The maximum Gasteiger partial charge on any atom is 0.264 e. The third-order valence-corrected chi connectivity index (χ3v) is 9.47. The SMILES string of the molecule is CC[C@H](C)NC(=O)[C@@H](Cc1ccccc1)N(Cc1cccc(Cl)c1)C(=O)CN(c1ccccc1)S(=O)(=O)c1ccc(C)cc1. The lowest BCUT2D eigenvalue weighted by atomic mass is 10.0. The van der Waals surface area contributed by atoms with Gasteiger partial charge in [-0.1, -0.05) is 96.9 Å². The van der Waals surface area contributed by atoms with Crippen LogP contribution < -0.4 is 9.62 Å². The summed E-state index contributed by atoms with van der Waals surface area (Å²) in [6.45, 7) is 5.30. The van der Waals surface area contributed by atoms with Crippen LogP contribution in [0, 0.1) is 6.92 Å². The molecule has 0 aromatic heterocycles. The molecule has 9 heteroatoms. The van der Waals surface area contributed by atoms with Crippen LogP contribution in [-0.4, -0.2) is 43.8 Å². The summed E-state index contributed by atoms with van der Waals surface area (Å²) in [6, 6.07) is 30.6. The third-order valence-electron chi connectivity index (χ3n) is 7.45. The highest BCUT2D eigenvalue weighted by atomic mass is 35.5. The molecule has 0 fully saturated rings. The number of carbonyl (C=O) groups excluding carboxylic acids is 2. The molecule has 0 bridgehead atoms. The standard InChI is InChI=1S/C35H38ClN3O4S/c1-4-27(3)37-35(41)33(23-28-12-7-5-8-13-28)38(24-29-14-11-15-30(36)22-29)34(40)25-39(31-16-9-6-10-17-31)44(42,43)32-20-18-26(2)19-21-32/h5-22,27,33H,4,23-25H2,1-3H3,(H,37,41)/t27-,33+/m0/s1. The minimum Gasteiger partial charge on any atom is -0.352 e. The molecule has 0 radical (unpaired) electrons. The van der Waals surface area contributed by atoms with E-state index in [4.69, 9.17) is 11.6 Å². The Morgan fingerprint density at radius 3 is 2.07 bits per heavy atom. The van der Waals surface area contributed by atoms with Crippen LogP contribution in [0.3, 0.4) is 0 Å². The van der Waals surface area contributed by atoms with Gasteiger partial charge in [-0.2, -0.15) is 0 Å². The van der Waals surface area contributed by atoms with Crippen molar-refractivity contribution in [2.45, 2.75) is 57.1 Å². The summed E-state index contributed by atoms with van der Waals surface area (Å²) in [4.78, 5) is 29.8. The van der Waals surface area contributed by atoms with Gasteiger partial charge in [0.1, 0.15) is 12.6 Å². The lowest BCUT2D eigenvalue weighted by Crippen LogP contribution is -2.54. The molecular formula is C35H38ClN3O4S. The van der Waals surface area contributed by atoms with Crippen molar-refractivity contribution in [3.8, 4) is 0 Å². The molecule has 1 N–H and O–H groups in total. The molecule has 4 rings (SSSR count). The molecule has 2 amide bonds. The Balaban J connectivity index is 1.79. The third kappa shape index (κ3) is 8.49. The highest BCUT2D eigenvalue weighted by Gasteiger charge is 2.35. The summed E-state index contributed by atoms with van der Waals surface area (Å²) >= 11 is 6.30. The first kappa shape index (κ1) is 32.8. The zero-order chi connectivity index (χ0) is 31.7. The number of aryl methyl sites for hydroxylation is 1. The van der Waals surface area contributed by atoms with Crippen LogP contribution in [0.4, 0.5) is 5.69 Å². The van der Waals surface area contributed by atoms with Gasteiger partial charge in [-0.25, -0.2) is 8.42 Å². The number of nitrogens with one attached hydrogen (secondary N) is 1. The van der Waals surface area contributed by atoms with E-state index in [1.54, 1.807) is 60.7 Å². The molecule has 0 unspecified atom stereocenters. The number of para-hydroxylation sites is 1. The van der Waals surface area contributed by atoms with Gasteiger partial charge >= 0.3 is 0 Å². The molecule has 0 saturated carbocycles. The number of benzene rings is 4. The fourth-order valence-electron chi connectivity index (χ4n) is 4.79. The smallest absolute Gasteiger partial charge is 0.264 e. The lowest BCUT2D eigenvalue weighted by Gasteiger charge is -2.34. The summed E-state index contributed by atoms with van der Waals surface area (Å²) in [5.41, 5.74) is 2.84. The van der Waals surface area contributed by atoms with Gasteiger partial charge in [0.25, 0.3) is 10.0 Å². The molecule has 4 aromatic rings. The van der Waals surface area contributed by atoms with Crippen LogP contribution in [0.2, 0.25) is 5.02 Å². The molecule has 0 aliphatic carbocycles. The first-order valence-electron chi connectivity index (χ1n) is 14.6. The summed E-state index contributed by atoms with van der Waals surface area (Å²) in [7, 11) is -4.14. The van der Waals surface area contributed by atoms with E-state index in [2.05, 4.69) is 5.32 Å². The molecule has 0 saturated heterocycles. The maximum atomic E-state index is 14.4. The van der Waals surface area contributed by atoms with Crippen LogP contribution in [0.15, 0.2) is 114 Å². The number of halogens is 1. The highest BCUT2D eigenvalue weighted by Crippen LogP contribution is 2.25. The van der Waals surface area contributed by atoms with Crippen molar-refractivity contribution in [1.29, 1.82) is 0 Å². The van der Waals surface area contributed by atoms with Gasteiger partial charge in [-0.15, -0.1) is 0 Å². The zero-order valence-corrected chi connectivity index (χ0v) is 26.8. The molecule has 0 aliphatic rings. The number of carbonyl (C=O) groups is 2. The minimum atomic E-state index is -4.14. The van der Waals surface area contributed by atoms with E-state index >= 15 is 0 Å². The highest BCUT2D eigenvalue weighted by molar-refractivity contribution is 7.92. The quantitative estimate of drug-likeness (QED) is 0.185. The van der Waals surface area contributed by atoms with Crippen molar-refractivity contribution in [1.82, 2.24) is 10.2 Å². The van der Waals surface area contributed by atoms with Crippen molar-refractivity contribution < 1.29 is 18.0 Å². The second-order valence-electron chi connectivity index (χ2n) is 10.8. The number of nitrogens with zero attached hydrogens (tertiary/aromatic N) is 2. The van der Waals surface area contributed by atoms with Crippen molar-refractivity contribution in [2.75, 3.05) is 10.8 Å². The molecule has 230 valence electrons. The second-order valence-corrected chi connectivity index (χ2v) is 13.1. The Morgan fingerprint density at radius 2 is 1.45 bits per heavy atom. The Bertz CT molecular complexity index is 1650. The van der Waals surface area contributed by atoms with Crippen LogP contribution >= 0.6 is 11.6 Å². The molecular weight excluding hydrogens is 594 g/mol. The van der Waals surface area contributed by atoms with E-state index in [-0.39, 0.29) is 29.8 Å². The fraction of sp³-hybridized carbons (Fsp3) is 0.257. The summed E-state index contributed by atoms with van der Waals surface area (Å²) < 4.78 is 29.2. The summed E-state index contributed by atoms with van der Waals surface area (Å²) in [6.07, 6.45) is 0.952. The predicted octanol–water partition coefficient (Wildman–Crippen LogP) is 6.40. The van der Waals surface area contributed by atoms with Crippen LogP contribution in [-0.2, 0) is 32.6 Å². The number of sulfonamides is 1. The molecule has 0 aliphatic heterocycles. The van der Waals surface area contributed by atoms with Gasteiger partial charge in [-0.3, -0.25) is 13.9 Å². The molecule has 0 heterocycles. The lowest BCUT2D eigenvalue weighted by molar-refractivity contribution is -0.140. The number of hydrogen-bond acceptors (Lipinski definition) is 4. The molecule has 7 nitrogen and oxygen atoms in total. The Hall–Kier alpha value is -4.14. The average molecular weight is 632 g/mol. The number of amides is 2. The van der Waals surface area contributed by atoms with Crippen molar-refractivity contribution in [3.63, 3.8) is 0 Å². The van der Waals surface area contributed by atoms with Crippen LogP contribution in [0.1, 0.15) is 37.0 Å². The van der Waals surface area contributed by atoms with Crippen molar-refractivity contribution >= 4 is 39.1 Å². The Labute approximate surface area is 265 Å². The number of anilines is 1. The summed E-state index contributed by atoms with van der Waals surface area (Å²) in [5, 5.41) is 3.53. The van der Waals surface area contributed by atoms with Gasteiger partial charge in [0.05, 0.1) is 10.6 Å². The summed E-state index contributed by atoms with van der Waals surface area (Å²) in [5.74, 6) is -0.837. The Morgan fingerprint density at radius 1 is 0.841 bits per heavy atom. The van der Waals surface area contributed by atoms with Crippen LogP contribution in [0.5, 0.6) is 0 Å². The van der Waals surface area contributed by atoms with Crippen LogP contribution in [0.25, 0.3) is 0 Å². The fourth-order valence-corrected chi connectivity index (χ4v) is 6.41. The largest absolute Gasteiger partial charge is 0.352 e. The van der Waals surface area contributed by atoms with Gasteiger partial charge in [0, 0.05) is 24.0 Å². The second kappa shape index (κ2) is 15.0. The van der Waals surface area contributed by atoms with Crippen molar-refractivity contribution in [3.05, 3.63) is 131 Å². The van der Waals surface area contributed by atoms with E-state index in [1.807, 2.05) is 57.2 Å². The molecule has 2 atom stereocenters. The number of rotatable bonds is 13. The zero-order valence-electron chi connectivity index (χ0n) is 25.2. The predicted molar refractivity (Wildman–Crippen MR) is 176 cm³/mol. The Kier molecular flexibility index (Phi) is 11.2. The maximum absolute atomic E-state index is 14.4. The first-order chi connectivity index (χ1) is 21.1. The normalized spacial score (nSPS) is 12.6.